The summed E-state index contributed by atoms with van der Waals surface area (Å²) in [5.41, 5.74) is 1.00. The van der Waals surface area contributed by atoms with E-state index in [0.29, 0.717) is 0 Å². The maximum Gasteiger partial charge on any atom is 0.123 e. The van der Waals surface area contributed by atoms with Crippen LogP contribution in [0.25, 0.3) is 0 Å². The Morgan fingerprint density at radius 2 is 0.824 bits per heavy atom. The molecule has 51 heavy (non-hydrogen) atoms. The van der Waals surface area contributed by atoms with Crippen molar-refractivity contribution in [2.75, 3.05) is 59.0 Å². The second-order valence-electron chi connectivity index (χ2n) is 15.3. The van der Waals surface area contributed by atoms with Crippen LogP contribution in [0.4, 0.5) is 4.39 Å². The van der Waals surface area contributed by atoms with Gasteiger partial charge in [0.05, 0.1) is 59.7 Å². The summed E-state index contributed by atoms with van der Waals surface area (Å²) in [6, 6.07) is 6.60. The summed E-state index contributed by atoms with van der Waals surface area (Å²) in [4.78, 5) is 0. The van der Waals surface area contributed by atoms with Gasteiger partial charge in [0.25, 0.3) is 0 Å². The molecule has 0 aliphatic heterocycles. The summed E-state index contributed by atoms with van der Waals surface area (Å²) in [7, 11) is -2.16. The Hall–Kier alpha value is -0.985. The van der Waals surface area contributed by atoms with Crippen LogP contribution in [0.1, 0.15) is 189 Å². The third kappa shape index (κ3) is 31.1. The van der Waals surface area contributed by atoms with E-state index in [1.54, 1.807) is 12.1 Å². The molecule has 1 aromatic rings. The molecule has 0 atom stereocenters. The number of hydrogen-bond acceptors (Lipinski definition) is 3. The molecule has 302 valence electrons. The predicted octanol–water partition coefficient (Wildman–Crippen LogP) is 10.7. The van der Waals surface area contributed by atoms with Gasteiger partial charge >= 0.3 is 0 Å². The Labute approximate surface area is 319 Å². The number of benzene rings is 1. The van der Waals surface area contributed by atoms with E-state index in [2.05, 4.69) is 60.0 Å². The molecule has 0 aliphatic rings. The van der Waals surface area contributed by atoms with Gasteiger partial charge in [-0.3, -0.25) is 0 Å². The summed E-state index contributed by atoms with van der Waals surface area (Å²) < 4.78 is 20.0. The third-order valence-electron chi connectivity index (χ3n) is 10.4. The number of hydrogen-bond donors (Lipinski definition) is 0. The second kappa shape index (κ2) is 37.3. The van der Waals surface area contributed by atoms with Crippen molar-refractivity contribution in [2.45, 2.75) is 190 Å². The molecular formula is C44H88BFN2O3. The van der Waals surface area contributed by atoms with Crippen LogP contribution in [-0.2, 0) is 11.1 Å². The quantitative estimate of drug-likeness (QED) is 0.0423. The molecule has 0 heterocycles. The van der Waals surface area contributed by atoms with Crippen molar-refractivity contribution in [3.63, 3.8) is 0 Å². The highest BCUT2D eigenvalue weighted by molar-refractivity contribution is 6.28. The Morgan fingerprint density at radius 1 is 0.490 bits per heavy atom. The molecule has 0 aromatic heterocycles. The highest BCUT2D eigenvalue weighted by Gasteiger charge is 2.25. The molecule has 5 nitrogen and oxygen atoms in total. The highest BCUT2D eigenvalue weighted by atomic mass is 19.1. The Balaban J connectivity index is 0. The monoisotopic (exact) mass is 723 g/mol. The second-order valence-corrected chi connectivity index (χ2v) is 15.3. The zero-order chi connectivity index (χ0) is 38.5. The first-order valence-corrected chi connectivity index (χ1v) is 22.0. The molecule has 0 amide bonds. The van der Waals surface area contributed by atoms with Crippen LogP contribution in [-0.4, -0.2) is 75.3 Å². The van der Waals surface area contributed by atoms with Crippen LogP contribution in [0.2, 0.25) is 0 Å². The maximum atomic E-state index is 12.8. The van der Waals surface area contributed by atoms with Crippen molar-refractivity contribution in [3.8, 4) is 0 Å². The minimum Gasteiger partial charge on any atom is -0.871 e. The number of rotatable bonds is 32. The molecule has 0 aliphatic carbocycles. The van der Waals surface area contributed by atoms with Crippen LogP contribution < -0.4 is 10.0 Å². The fourth-order valence-electron chi connectivity index (χ4n) is 6.95. The van der Waals surface area contributed by atoms with E-state index in [1.807, 2.05) is 6.07 Å². The van der Waals surface area contributed by atoms with Crippen molar-refractivity contribution in [3.05, 3.63) is 35.6 Å². The minimum atomic E-state index is -2.16. The lowest BCUT2D eigenvalue weighted by Crippen LogP contribution is -2.50. The Morgan fingerprint density at radius 3 is 1.12 bits per heavy atom. The molecule has 1 aromatic carbocycles. The van der Waals surface area contributed by atoms with Crippen LogP contribution in [0, 0.1) is 5.82 Å². The molecule has 0 N–H and O–H groups in total. The molecule has 0 saturated carbocycles. The predicted molar refractivity (Wildman–Crippen MR) is 219 cm³/mol. The van der Waals surface area contributed by atoms with Crippen molar-refractivity contribution in [1.29, 1.82) is 0 Å². The van der Waals surface area contributed by atoms with Crippen LogP contribution >= 0.6 is 0 Å². The molecule has 0 bridgehead atoms. The van der Waals surface area contributed by atoms with Gasteiger partial charge in [0.2, 0.25) is 0 Å². The first-order chi connectivity index (χ1) is 24.7. The van der Waals surface area contributed by atoms with Gasteiger partial charge in [-0.2, -0.15) is 0 Å². The molecule has 0 unspecified atom stereocenters. The van der Waals surface area contributed by atoms with Gasteiger partial charge in [-0.05, 0) is 88.3 Å². The molecule has 0 fully saturated rings. The zero-order valence-electron chi connectivity index (χ0n) is 35.6. The maximum absolute atomic E-state index is 12.8. The molecule has 0 radical (unpaired) electrons. The van der Waals surface area contributed by atoms with Gasteiger partial charge < -0.3 is 23.7 Å². The average molecular weight is 723 g/mol. The van der Waals surface area contributed by atoms with Gasteiger partial charge in [0.15, 0.2) is 0 Å². The highest BCUT2D eigenvalue weighted by Crippen LogP contribution is 2.18. The van der Waals surface area contributed by atoms with E-state index in [9.17, 15) is 14.4 Å². The van der Waals surface area contributed by atoms with Crippen molar-refractivity contribution < 1.29 is 28.1 Å². The van der Waals surface area contributed by atoms with E-state index < -0.39 is 7.32 Å². The Kier molecular flexibility index (Phi) is 38.2. The number of aryl methyl sites for hydroxylation is 1. The first kappa shape index (κ1) is 52.1. The van der Waals surface area contributed by atoms with Crippen molar-refractivity contribution in [2.24, 2.45) is 0 Å². The number of halogens is 1. The zero-order valence-corrected chi connectivity index (χ0v) is 35.6. The van der Waals surface area contributed by atoms with E-state index in [-0.39, 0.29) is 12.4 Å². The number of unbranched alkanes of at least 4 members (excludes halogenated alkanes) is 11. The summed E-state index contributed by atoms with van der Waals surface area (Å²) in [5, 5.41) is 20.0. The fourth-order valence-corrected chi connectivity index (χ4v) is 6.95. The van der Waals surface area contributed by atoms with Crippen LogP contribution in [0.15, 0.2) is 24.3 Å². The van der Waals surface area contributed by atoms with Crippen LogP contribution in [0.5, 0.6) is 0 Å². The third-order valence-corrected chi connectivity index (χ3v) is 10.4. The van der Waals surface area contributed by atoms with Crippen molar-refractivity contribution >= 4 is 7.32 Å². The van der Waals surface area contributed by atoms with Crippen LogP contribution in [0.3, 0.4) is 0 Å². The van der Waals surface area contributed by atoms with E-state index >= 15 is 0 Å². The summed E-state index contributed by atoms with van der Waals surface area (Å²) in [5.74, 6) is -0.201. The summed E-state index contributed by atoms with van der Waals surface area (Å²) >= 11 is 0. The lowest BCUT2D eigenvalue weighted by molar-refractivity contribution is -0.929. The molecule has 1 rings (SSSR count). The van der Waals surface area contributed by atoms with Gasteiger partial charge in [0, 0.05) is 6.61 Å². The number of quaternary nitrogens is 2. The number of nitrogens with zero attached hydrogens (tertiary/aromatic N) is 2. The minimum absolute atomic E-state index is 0.201. The standard InChI is InChI=1S/2C16H36N.C12H16BFO3/c2*1-5-9-13-17(14-10-6-2,15-11-7-3)16-12-8-4;14-12-8-5-7-11(10-12)6-3-1-2-4-9-17-13(15)16/h2*5-16H2,1-4H3;5,7-8,10H,1-4,6,9H2/q2*+1;-2. The fraction of sp³-hybridized carbons (Fsp3) is 0.864. The molecule has 0 spiro atoms. The lowest BCUT2D eigenvalue weighted by Gasteiger charge is -2.39. The molecule has 0 saturated heterocycles. The largest absolute Gasteiger partial charge is 0.871 e. The topological polar surface area (TPSA) is 55.3 Å². The Bertz CT molecular complexity index is 733. The van der Waals surface area contributed by atoms with Gasteiger partial charge in [0.1, 0.15) is 5.82 Å². The van der Waals surface area contributed by atoms with E-state index in [0.717, 1.165) is 37.7 Å². The molecular weight excluding hydrogens is 634 g/mol. The smallest absolute Gasteiger partial charge is 0.123 e. The van der Waals surface area contributed by atoms with Crippen molar-refractivity contribution in [1.82, 2.24) is 0 Å². The SMILES string of the molecule is CCCC[N+](CCCC)(CCCC)CCCC.CCCC[N+](CCCC)(CCCC)CCCC.[O-]B([O-])OCCCCCCc1cccc(F)c1. The first-order valence-electron chi connectivity index (χ1n) is 22.0. The van der Waals surface area contributed by atoms with Gasteiger partial charge in [-0.25, -0.2) is 4.39 Å². The molecule has 7 heteroatoms. The summed E-state index contributed by atoms with van der Waals surface area (Å²) in [6.07, 6.45) is 26.6. The van der Waals surface area contributed by atoms with Gasteiger partial charge in [-0.15, -0.1) is 0 Å². The van der Waals surface area contributed by atoms with E-state index in [4.69, 9.17) is 0 Å². The van der Waals surface area contributed by atoms with Gasteiger partial charge in [-0.1, -0.05) is 132 Å². The van der Waals surface area contributed by atoms with E-state index in [1.165, 1.54) is 170 Å². The summed E-state index contributed by atoms with van der Waals surface area (Å²) in [6.45, 7) is 30.3. The normalized spacial score (nSPS) is 11.5. The lowest BCUT2D eigenvalue weighted by atomic mass is 10.1. The average Bonchev–Trinajstić information content (AvgIpc) is 3.13.